The Morgan fingerprint density at radius 3 is 2.87 bits per heavy atom. The smallest absolute Gasteiger partial charge is 0.408 e. The molecule has 1 amide bonds. The molecular weight excluding hydrogens is 495 g/mol. The van der Waals surface area contributed by atoms with Crippen molar-refractivity contribution in [1.82, 2.24) is 15.2 Å². The first-order valence-corrected chi connectivity index (χ1v) is 12.5. The number of benzene rings is 2. The van der Waals surface area contributed by atoms with Gasteiger partial charge in [-0.05, 0) is 47.9 Å². The number of nitrogens with zero attached hydrogens (tertiary/aromatic N) is 2. The number of nitriles is 1. The van der Waals surface area contributed by atoms with Gasteiger partial charge in [-0.1, -0.05) is 18.2 Å². The molecular formula is C27H31FN4O6. The highest BCUT2D eigenvalue weighted by molar-refractivity contribution is 5.82. The molecule has 0 spiro atoms. The van der Waals surface area contributed by atoms with Crippen molar-refractivity contribution in [2.75, 3.05) is 46.6 Å². The lowest BCUT2D eigenvalue weighted by Crippen LogP contribution is -2.46. The number of nitrogens with one attached hydrogen (secondary N) is 2. The van der Waals surface area contributed by atoms with Crippen LogP contribution in [0.1, 0.15) is 12.0 Å². The molecule has 2 N–H and O–H groups in total. The Kier molecular flexibility index (Phi) is 9.62. The van der Waals surface area contributed by atoms with E-state index in [-0.39, 0.29) is 6.42 Å². The van der Waals surface area contributed by atoms with Gasteiger partial charge in [0.2, 0.25) is 0 Å². The van der Waals surface area contributed by atoms with Gasteiger partial charge in [0, 0.05) is 26.7 Å². The molecule has 0 bridgehead atoms. The van der Waals surface area contributed by atoms with E-state index in [1.54, 1.807) is 37.4 Å². The minimum Gasteiger partial charge on any atom is -0.408 e. The van der Waals surface area contributed by atoms with Crippen LogP contribution >= 0.6 is 0 Å². The van der Waals surface area contributed by atoms with Crippen molar-refractivity contribution in [3.63, 3.8) is 0 Å². The lowest BCUT2D eigenvalue weighted by atomic mass is 10.00. The first kappa shape index (κ1) is 27.5. The fourth-order valence-corrected chi connectivity index (χ4v) is 4.24. The zero-order valence-corrected chi connectivity index (χ0v) is 21.2. The zero-order chi connectivity index (χ0) is 26.9. The van der Waals surface area contributed by atoms with Gasteiger partial charge in [0.15, 0.2) is 5.58 Å². The molecule has 1 fully saturated rings. The van der Waals surface area contributed by atoms with Crippen LogP contribution in [0.3, 0.4) is 0 Å². The summed E-state index contributed by atoms with van der Waals surface area (Å²) in [6, 6.07) is 11.0. The van der Waals surface area contributed by atoms with Gasteiger partial charge in [-0.15, -0.1) is 0 Å². The molecule has 11 heteroatoms. The second kappa shape index (κ2) is 13.3. The summed E-state index contributed by atoms with van der Waals surface area (Å²) < 4.78 is 37.8. The van der Waals surface area contributed by atoms with Gasteiger partial charge in [-0.25, -0.2) is 9.18 Å². The van der Waals surface area contributed by atoms with E-state index in [9.17, 15) is 14.9 Å². The lowest BCUT2D eigenvalue weighted by molar-refractivity contribution is -0.132. The van der Waals surface area contributed by atoms with Crippen molar-refractivity contribution in [2.45, 2.75) is 31.5 Å². The van der Waals surface area contributed by atoms with Gasteiger partial charge in [0.05, 0.1) is 38.0 Å². The maximum Gasteiger partial charge on any atom is 0.420 e. The Hall–Kier alpha value is -3.56. The molecule has 2 aromatic carbocycles. The number of hydrogen-bond acceptors (Lipinski definition) is 8. The van der Waals surface area contributed by atoms with Crippen LogP contribution in [0, 0.1) is 17.1 Å². The molecule has 0 radical (unpaired) electrons. The maximum absolute atomic E-state index is 15.1. The summed E-state index contributed by atoms with van der Waals surface area (Å²) in [6.45, 7) is 3.07. The summed E-state index contributed by atoms with van der Waals surface area (Å²) in [5.74, 6) is -1.39. The van der Waals surface area contributed by atoms with Crippen LogP contribution in [0.25, 0.3) is 22.2 Å². The quantitative estimate of drug-likeness (QED) is 0.363. The van der Waals surface area contributed by atoms with E-state index >= 15 is 4.39 Å². The molecule has 1 aliphatic heterocycles. The van der Waals surface area contributed by atoms with E-state index in [0.717, 1.165) is 13.0 Å². The number of methoxy groups -OCH3 is 1. The molecule has 1 saturated heterocycles. The van der Waals surface area contributed by atoms with E-state index in [0.29, 0.717) is 67.3 Å². The molecule has 1 aromatic heterocycles. The molecule has 0 aliphatic carbocycles. The highest BCUT2D eigenvalue weighted by atomic mass is 19.1. The molecule has 0 unspecified atom stereocenters. The van der Waals surface area contributed by atoms with Crippen molar-refractivity contribution < 1.29 is 27.8 Å². The second-order valence-corrected chi connectivity index (χ2v) is 8.92. The predicted molar refractivity (Wildman–Crippen MR) is 137 cm³/mol. The van der Waals surface area contributed by atoms with Crippen LogP contribution in [-0.2, 0) is 32.0 Å². The first-order valence-electron chi connectivity index (χ1n) is 12.5. The van der Waals surface area contributed by atoms with Gasteiger partial charge in [0.25, 0.3) is 5.91 Å². The summed E-state index contributed by atoms with van der Waals surface area (Å²) in [4.78, 5) is 24.8. The maximum atomic E-state index is 15.1. The first-order chi connectivity index (χ1) is 18.5. The van der Waals surface area contributed by atoms with Gasteiger partial charge < -0.3 is 29.3 Å². The molecule has 0 saturated carbocycles. The van der Waals surface area contributed by atoms with Crippen molar-refractivity contribution >= 4 is 17.0 Å². The monoisotopic (exact) mass is 526 g/mol. The molecule has 202 valence electrons. The molecule has 1 aliphatic rings. The molecule has 10 nitrogen and oxygen atoms in total. The number of oxazole rings is 1. The minimum atomic E-state index is -0.905. The van der Waals surface area contributed by atoms with E-state index in [2.05, 4.69) is 10.6 Å². The van der Waals surface area contributed by atoms with Crippen molar-refractivity contribution in [3.05, 3.63) is 58.3 Å². The van der Waals surface area contributed by atoms with Crippen molar-refractivity contribution in [2.24, 2.45) is 0 Å². The minimum absolute atomic E-state index is 0.0118. The Morgan fingerprint density at radius 2 is 2.08 bits per heavy atom. The van der Waals surface area contributed by atoms with Gasteiger partial charge in [0.1, 0.15) is 18.0 Å². The van der Waals surface area contributed by atoms with Crippen molar-refractivity contribution in [1.29, 1.82) is 5.26 Å². The van der Waals surface area contributed by atoms with Crippen LogP contribution < -0.4 is 16.4 Å². The standard InChI is InChI=1S/C27H31FN4O6/c1-35-11-12-36-10-8-32-23-15-19(5-6-24(23)38-27(32)34)18-3-4-20(22(28)14-18)13-21(16-29)31-26(33)25-17-30-7-2-9-37-25/h3-6,14-15,21,25,30H,2,7-13,17H2,1H3,(H,31,33)/t21-,25-/m0/s1. The van der Waals surface area contributed by atoms with Crippen LogP contribution in [0.4, 0.5) is 4.39 Å². The average molecular weight is 527 g/mol. The van der Waals surface area contributed by atoms with Gasteiger partial charge in [-0.2, -0.15) is 5.26 Å². The number of halogens is 1. The number of amides is 1. The third-order valence-electron chi connectivity index (χ3n) is 6.28. The largest absolute Gasteiger partial charge is 0.420 e. The molecule has 2 atom stereocenters. The number of hydrogen-bond donors (Lipinski definition) is 2. The van der Waals surface area contributed by atoms with Crippen LogP contribution in [-0.4, -0.2) is 69.2 Å². The normalized spacial score (nSPS) is 16.6. The summed E-state index contributed by atoms with van der Waals surface area (Å²) in [5.41, 5.74) is 2.60. The fraction of sp³-hybridized carbons (Fsp3) is 0.444. The van der Waals surface area contributed by atoms with E-state index in [4.69, 9.17) is 18.6 Å². The zero-order valence-electron chi connectivity index (χ0n) is 21.2. The Morgan fingerprint density at radius 1 is 1.26 bits per heavy atom. The lowest BCUT2D eigenvalue weighted by Gasteiger charge is -2.18. The number of rotatable bonds is 11. The van der Waals surface area contributed by atoms with Crippen LogP contribution in [0.15, 0.2) is 45.6 Å². The van der Waals surface area contributed by atoms with E-state index in [1.165, 1.54) is 10.6 Å². The molecule has 3 aromatic rings. The summed E-state index contributed by atoms with van der Waals surface area (Å²) in [5, 5.41) is 15.3. The van der Waals surface area contributed by atoms with Gasteiger partial charge in [-0.3, -0.25) is 9.36 Å². The number of carbonyl (C=O) groups excluding carboxylic acids is 1. The summed E-state index contributed by atoms with van der Waals surface area (Å²) in [6.07, 6.45) is 0.128. The van der Waals surface area contributed by atoms with Crippen molar-refractivity contribution in [3.8, 4) is 17.2 Å². The highest BCUT2D eigenvalue weighted by Crippen LogP contribution is 2.26. The SMILES string of the molecule is COCCOCCn1c(=O)oc2ccc(-c3ccc(C[C@@H](C#N)NC(=O)[C@@H]4CNCCCO4)c(F)c3)cc21. The van der Waals surface area contributed by atoms with Gasteiger partial charge >= 0.3 is 5.76 Å². The Bertz CT molecular complexity index is 1340. The number of fused-ring (bicyclic) bond motifs is 1. The Labute approximate surface area is 219 Å². The number of carbonyl (C=O) groups is 1. The summed E-state index contributed by atoms with van der Waals surface area (Å²) >= 11 is 0. The molecule has 4 rings (SSSR count). The summed E-state index contributed by atoms with van der Waals surface area (Å²) in [7, 11) is 1.58. The molecule has 2 heterocycles. The predicted octanol–water partition coefficient (Wildman–Crippen LogP) is 1.99. The molecule has 38 heavy (non-hydrogen) atoms. The third kappa shape index (κ3) is 6.85. The topological polar surface area (TPSA) is 128 Å². The van der Waals surface area contributed by atoms with E-state index < -0.39 is 29.6 Å². The second-order valence-electron chi connectivity index (χ2n) is 8.92. The average Bonchev–Trinajstić information content (AvgIpc) is 3.07. The van der Waals surface area contributed by atoms with Crippen LogP contribution in [0.2, 0.25) is 0 Å². The highest BCUT2D eigenvalue weighted by Gasteiger charge is 2.24. The Balaban J connectivity index is 1.46. The third-order valence-corrected chi connectivity index (χ3v) is 6.28. The van der Waals surface area contributed by atoms with E-state index in [1.807, 2.05) is 6.07 Å². The fourth-order valence-electron chi connectivity index (χ4n) is 4.24. The number of aromatic nitrogens is 1. The van der Waals surface area contributed by atoms with Crippen LogP contribution in [0.5, 0.6) is 0 Å². The number of ether oxygens (including phenoxy) is 3.